The van der Waals surface area contributed by atoms with Gasteiger partial charge in [0.1, 0.15) is 0 Å². The largest absolute Gasteiger partial charge is 0.493 e. The Labute approximate surface area is 136 Å². The van der Waals surface area contributed by atoms with Crippen LogP contribution >= 0.6 is 0 Å². The Balaban J connectivity index is 2.84. The van der Waals surface area contributed by atoms with Crippen LogP contribution < -0.4 is 9.47 Å². The van der Waals surface area contributed by atoms with Gasteiger partial charge in [-0.15, -0.1) is 0 Å². The summed E-state index contributed by atoms with van der Waals surface area (Å²) >= 11 is 0. The molecule has 0 aliphatic carbocycles. The van der Waals surface area contributed by atoms with Gasteiger partial charge in [-0.25, -0.2) is 12.7 Å². The molecule has 0 heterocycles. The highest BCUT2D eigenvalue weighted by molar-refractivity contribution is 7.89. The smallest absolute Gasteiger partial charge is 0.387 e. The Hall–Kier alpha value is -1.41. The fraction of sp³-hybridized carbons (Fsp3) is 0.600. The van der Waals surface area contributed by atoms with Crippen molar-refractivity contribution in [1.29, 1.82) is 0 Å². The van der Waals surface area contributed by atoms with Gasteiger partial charge in [-0.05, 0) is 30.0 Å². The van der Waals surface area contributed by atoms with Crippen molar-refractivity contribution in [3.05, 3.63) is 23.8 Å². The predicted molar refractivity (Wildman–Crippen MR) is 84.3 cm³/mol. The molecule has 0 saturated carbocycles. The minimum absolute atomic E-state index is 0.0743. The van der Waals surface area contributed by atoms with E-state index in [1.54, 1.807) is 0 Å². The molecule has 0 saturated heterocycles. The zero-order chi connectivity index (χ0) is 17.6. The van der Waals surface area contributed by atoms with Crippen LogP contribution in [0.25, 0.3) is 0 Å². The van der Waals surface area contributed by atoms with E-state index in [2.05, 4.69) is 4.74 Å². The molecule has 0 unspecified atom stereocenters. The summed E-state index contributed by atoms with van der Waals surface area (Å²) in [5, 5.41) is 0. The molecule has 23 heavy (non-hydrogen) atoms. The lowest BCUT2D eigenvalue weighted by atomic mass is 10.2. The van der Waals surface area contributed by atoms with Gasteiger partial charge in [-0.1, -0.05) is 19.9 Å². The average Bonchev–Trinajstić information content (AvgIpc) is 2.46. The third kappa shape index (κ3) is 6.31. The molecule has 1 rings (SSSR count). The lowest BCUT2D eigenvalue weighted by molar-refractivity contribution is -0.0512. The predicted octanol–water partition coefficient (Wildman–Crippen LogP) is 3.10. The maximum atomic E-state index is 12.3. The molecule has 0 radical (unpaired) electrons. The molecule has 0 aliphatic rings. The third-order valence-electron chi connectivity index (χ3n) is 3.28. The number of ether oxygens (including phenoxy) is 2. The summed E-state index contributed by atoms with van der Waals surface area (Å²) in [6.07, 6.45) is 0.581. The summed E-state index contributed by atoms with van der Waals surface area (Å²) in [4.78, 5) is 0. The van der Waals surface area contributed by atoms with Gasteiger partial charge in [0.15, 0.2) is 11.5 Å². The number of methoxy groups -OCH3 is 1. The highest BCUT2D eigenvalue weighted by atomic mass is 32.2. The second-order valence-electron chi connectivity index (χ2n) is 5.62. The summed E-state index contributed by atoms with van der Waals surface area (Å²) in [5.74, 6) is 0.418. The van der Waals surface area contributed by atoms with E-state index in [1.807, 2.05) is 13.8 Å². The van der Waals surface area contributed by atoms with Crippen LogP contribution in [-0.2, 0) is 16.6 Å². The summed E-state index contributed by atoms with van der Waals surface area (Å²) < 4.78 is 59.5. The first-order chi connectivity index (χ1) is 10.7. The summed E-state index contributed by atoms with van der Waals surface area (Å²) in [5.41, 5.74) is 0.624. The van der Waals surface area contributed by atoms with Crippen molar-refractivity contribution in [1.82, 2.24) is 4.31 Å². The van der Waals surface area contributed by atoms with E-state index in [-0.39, 0.29) is 23.8 Å². The van der Waals surface area contributed by atoms with E-state index in [1.165, 1.54) is 36.7 Å². The van der Waals surface area contributed by atoms with E-state index >= 15 is 0 Å². The minimum atomic E-state index is -3.36. The van der Waals surface area contributed by atoms with Crippen molar-refractivity contribution in [2.45, 2.75) is 33.4 Å². The van der Waals surface area contributed by atoms with Crippen LogP contribution in [0.3, 0.4) is 0 Å². The number of rotatable bonds is 9. The van der Waals surface area contributed by atoms with Gasteiger partial charge in [-0.3, -0.25) is 0 Å². The fourth-order valence-electron chi connectivity index (χ4n) is 1.90. The van der Waals surface area contributed by atoms with E-state index in [0.717, 1.165) is 0 Å². The molecule has 0 N–H and O–H groups in total. The maximum Gasteiger partial charge on any atom is 0.387 e. The number of hydrogen-bond donors (Lipinski definition) is 0. The van der Waals surface area contributed by atoms with Crippen LogP contribution in [0.2, 0.25) is 0 Å². The first-order valence-electron chi connectivity index (χ1n) is 7.21. The first kappa shape index (κ1) is 19.6. The average molecular weight is 351 g/mol. The number of hydrogen-bond acceptors (Lipinski definition) is 4. The van der Waals surface area contributed by atoms with Gasteiger partial charge in [0.05, 0.1) is 12.9 Å². The fourth-order valence-corrected chi connectivity index (χ4v) is 3.33. The summed E-state index contributed by atoms with van der Waals surface area (Å²) in [7, 11) is -0.535. The molecule has 0 aliphatic heterocycles. The molecule has 0 atom stereocenters. The van der Waals surface area contributed by atoms with Crippen molar-refractivity contribution < 1.29 is 26.7 Å². The highest BCUT2D eigenvalue weighted by Crippen LogP contribution is 2.30. The highest BCUT2D eigenvalue weighted by Gasteiger charge is 2.19. The van der Waals surface area contributed by atoms with Crippen LogP contribution in [-0.4, -0.2) is 39.2 Å². The monoisotopic (exact) mass is 351 g/mol. The molecule has 0 amide bonds. The number of sulfonamides is 1. The lowest BCUT2D eigenvalue weighted by Crippen LogP contribution is -2.29. The van der Waals surface area contributed by atoms with Gasteiger partial charge in [0, 0.05) is 13.6 Å². The topological polar surface area (TPSA) is 55.8 Å². The first-order valence-corrected chi connectivity index (χ1v) is 8.82. The van der Waals surface area contributed by atoms with E-state index < -0.39 is 16.6 Å². The Morgan fingerprint density at radius 2 is 1.87 bits per heavy atom. The molecule has 1 aromatic rings. The number of halogens is 2. The van der Waals surface area contributed by atoms with Crippen LogP contribution in [0.15, 0.2) is 18.2 Å². The van der Waals surface area contributed by atoms with Gasteiger partial charge in [0.2, 0.25) is 10.0 Å². The van der Waals surface area contributed by atoms with E-state index in [9.17, 15) is 17.2 Å². The van der Waals surface area contributed by atoms with Crippen molar-refractivity contribution in [3.63, 3.8) is 0 Å². The molecule has 0 fully saturated rings. The number of nitrogens with zero attached hydrogens (tertiary/aromatic N) is 1. The van der Waals surface area contributed by atoms with Crippen LogP contribution in [0, 0.1) is 5.92 Å². The molecular formula is C15H23F2NO4S. The summed E-state index contributed by atoms with van der Waals surface area (Å²) in [6.45, 7) is 1.10. The molecule has 0 aromatic heterocycles. The molecule has 5 nitrogen and oxygen atoms in total. The standard InChI is InChI=1S/C15H23F2NO4S/c1-11(2)7-8-23(19,20)18(3)10-12-5-6-13(22-15(16)17)14(9-12)21-4/h5-6,9,11,15H,7-8,10H2,1-4H3. The molecular weight excluding hydrogens is 328 g/mol. The SMILES string of the molecule is COc1cc(CN(C)S(=O)(=O)CCC(C)C)ccc1OC(F)F. The van der Waals surface area contributed by atoms with E-state index in [0.29, 0.717) is 17.9 Å². The number of benzene rings is 1. The Morgan fingerprint density at radius 1 is 1.22 bits per heavy atom. The normalized spacial score (nSPS) is 12.2. The van der Waals surface area contributed by atoms with Crippen molar-refractivity contribution in [2.24, 2.45) is 5.92 Å². The summed E-state index contributed by atoms with van der Waals surface area (Å²) in [6, 6.07) is 4.37. The zero-order valence-corrected chi connectivity index (χ0v) is 14.6. The van der Waals surface area contributed by atoms with Gasteiger partial charge in [0.25, 0.3) is 0 Å². The van der Waals surface area contributed by atoms with Crippen molar-refractivity contribution in [3.8, 4) is 11.5 Å². The van der Waals surface area contributed by atoms with Crippen molar-refractivity contribution in [2.75, 3.05) is 19.9 Å². The minimum Gasteiger partial charge on any atom is -0.493 e. The molecule has 1 aromatic carbocycles. The maximum absolute atomic E-state index is 12.3. The Kier molecular flexibility index (Phi) is 7.21. The third-order valence-corrected chi connectivity index (χ3v) is 5.11. The zero-order valence-electron chi connectivity index (χ0n) is 13.8. The van der Waals surface area contributed by atoms with Crippen molar-refractivity contribution >= 4 is 10.0 Å². The van der Waals surface area contributed by atoms with Crippen LogP contribution in [0.1, 0.15) is 25.8 Å². The second-order valence-corrected chi connectivity index (χ2v) is 7.81. The van der Waals surface area contributed by atoms with E-state index in [4.69, 9.17) is 4.74 Å². The molecule has 132 valence electrons. The Morgan fingerprint density at radius 3 is 2.39 bits per heavy atom. The number of alkyl halides is 2. The Bertz CT molecular complexity index is 605. The van der Waals surface area contributed by atoms with Gasteiger partial charge >= 0.3 is 6.61 Å². The molecule has 0 spiro atoms. The molecule has 0 bridgehead atoms. The quantitative estimate of drug-likeness (QED) is 0.686. The molecule has 8 heteroatoms. The van der Waals surface area contributed by atoms with Gasteiger partial charge < -0.3 is 9.47 Å². The lowest BCUT2D eigenvalue weighted by Gasteiger charge is -2.19. The van der Waals surface area contributed by atoms with Crippen LogP contribution in [0.4, 0.5) is 8.78 Å². The van der Waals surface area contributed by atoms with Gasteiger partial charge in [-0.2, -0.15) is 8.78 Å². The second kappa shape index (κ2) is 8.44. The van der Waals surface area contributed by atoms with Crippen LogP contribution in [0.5, 0.6) is 11.5 Å².